The average Bonchev–Trinajstić information content (AvgIpc) is 2.24. The summed E-state index contributed by atoms with van der Waals surface area (Å²) in [7, 11) is 0. The molecule has 0 fully saturated rings. The van der Waals surface area contributed by atoms with Crippen LogP contribution in [0.1, 0.15) is 20.3 Å². The van der Waals surface area contributed by atoms with Crippen LogP contribution in [0.5, 0.6) is 5.75 Å². The lowest BCUT2D eigenvalue weighted by atomic mass is 9.86. The molecule has 0 saturated heterocycles. The van der Waals surface area contributed by atoms with Crippen molar-refractivity contribution in [3.63, 3.8) is 0 Å². The maximum absolute atomic E-state index is 9.35. The van der Waals surface area contributed by atoms with Gasteiger partial charge in [0.25, 0.3) is 0 Å². The van der Waals surface area contributed by atoms with E-state index in [9.17, 15) is 5.11 Å². The van der Waals surface area contributed by atoms with Crippen molar-refractivity contribution in [2.75, 3.05) is 0 Å². The molecule has 0 radical (unpaired) electrons. The van der Waals surface area contributed by atoms with Gasteiger partial charge in [-0.3, -0.25) is 4.99 Å². The van der Waals surface area contributed by atoms with Crippen LogP contribution in [0.4, 0.5) is 5.69 Å². The highest BCUT2D eigenvalue weighted by Gasteiger charge is 2.15. The summed E-state index contributed by atoms with van der Waals surface area (Å²) in [6.07, 6.45) is 5.30. The van der Waals surface area contributed by atoms with E-state index in [1.54, 1.807) is 12.1 Å². The van der Waals surface area contributed by atoms with Gasteiger partial charge >= 0.3 is 0 Å². The molecule has 1 aromatic carbocycles. The van der Waals surface area contributed by atoms with Crippen molar-refractivity contribution in [3.05, 3.63) is 36.4 Å². The molecule has 0 amide bonds. The van der Waals surface area contributed by atoms with Gasteiger partial charge in [0.15, 0.2) is 0 Å². The van der Waals surface area contributed by atoms with E-state index in [4.69, 9.17) is 0 Å². The van der Waals surface area contributed by atoms with E-state index in [0.29, 0.717) is 11.8 Å². The van der Waals surface area contributed by atoms with Gasteiger partial charge < -0.3 is 5.11 Å². The minimum atomic E-state index is 0.267. The number of nitrogens with zero attached hydrogens (tertiary/aromatic N) is 1. The van der Waals surface area contributed by atoms with Gasteiger partial charge in [-0.15, -0.1) is 0 Å². The number of hydrogen-bond donors (Lipinski definition) is 1. The fourth-order valence-electron chi connectivity index (χ4n) is 1.85. The molecule has 2 rings (SSSR count). The van der Waals surface area contributed by atoms with Crippen molar-refractivity contribution in [2.45, 2.75) is 20.3 Å². The average molecular weight is 215 g/mol. The summed E-state index contributed by atoms with van der Waals surface area (Å²) in [6.45, 7) is 4.47. The number of allylic oxidation sites excluding steroid dienone is 2. The third-order valence-corrected chi connectivity index (χ3v) is 3.12. The first-order valence-corrected chi connectivity index (χ1v) is 5.70. The predicted molar refractivity (Wildman–Crippen MR) is 67.3 cm³/mol. The van der Waals surface area contributed by atoms with E-state index in [-0.39, 0.29) is 5.75 Å². The number of phenolic OH excluding ortho intramolecular Hbond substituents is 1. The molecule has 0 spiro atoms. The van der Waals surface area contributed by atoms with Gasteiger partial charge in [0.1, 0.15) is 5.75 Å². The molecule has 1 aliphatic carbocycles. The number of benzene rings is 1. The van der Waals surface area contributed by atoms with E-state index in [1.807, 2.05) is 12.1 Å². The number of phenols is 1. The lowest BCUT2D eigenvalue weighted by Gasteiger charge is -2.21. The third kappa shape index (κ3) is 2.51. The Morgan fingerprint density at radius 3 is 2.81 bits per heavy atom. The molecule has 0 aromatic heterocycles. The molecular weight excluding hydrogens is 198 g/mol. The summed E-state index contributed by atoms with van der Waals surface area (Å²) in [5.41, 5.74) is 1.91. The largest absolute Gasteiger partial charge is 0.508 e. The highest BCUT2D eigenvalue weighted by molar-refractivity contribution is 5.97. The lowest BCUT2D eigenvalue weighted by Crippen LogP contribution is -2.15. The van der Waals surface area contributed by atoms with Crippen molar-refractivity contribution >= 4 is 11.4 Å². The SMILES string of the molecule is CC1C=CC(=Nc2cccc(O)c2)CC1C. The van der Waals surface area contributed by atoms with Crippen LogP contribution in [0, 0.1) is 11.8 Å². The molecule has 1 N–H and O–H groups in total. The Kier molecular flexibility index (Phi) is 3.09. The van der Waals surface area contributed by atoms with Gasteiger partial charge in [-0.25, -0.2) is 0 Å². The van der Waals surface area contributed by atoms with E-state index >= 15 is 0 Å². The Morgan fingerprint density at radius 1 is 1.31 bits per heavy atom. The summed E-state index contributed by atoms with van der Waals surface area (Å²) in [4.78, 5) is 4.53. The number of rotatable bonds is 1. The Balaban J connectivity index is 2.22. The summed E-state index contributed by atoms with van der Waals surface area (Å²) >= 11 is 0. The molecule has 1 aliphatic rings. The molecule has 2 unspecified atom stereocenters. The fourth-order valence-corrected chi connectivity index (χ4v) is 1.85. The van der Waals surface area contributed by atoms with Crippen LogP contribution >= 0.6 is 0 Å². The second-order valence-electron chi connectivity index (χ2n) is 4.52. The highest BCUT2D eigenvalue weighted by Crippen LogP contribution is 2.25. The van der Waals surface area contributed by atoms with Crippen molar-refractivity contribution in [2.24, 2.45) is 16.8 Å². The quantitative estimate of drug-likeness (QED) is 0.761. The van der Waals surface area contributed by atoms with Gasteiger partial charge in [-0.05, 0) is 36.5 Å². The maximum Gasteiger partial charge on any atom is 0.117 e. The van der Waals surface area contributed by atoms with Crippen LogP contribution in [-0.4, -0.2) is 10.8 Å². The zero-order valence-corrected chi connectivity index (χ0v) is 9.72. The third-order valence-electron chi connectivity index (χ3n) is 3.12. The van der Waals surface area contributed by atoms with Crippen LogP contribution in [-0.2, 0) is 0 Å². The Hall–Kier alpha value is -1.57. The van der Waals surface area contributed by atoms with E-state index < -0.39 is 0 Å². The molecule has 0 saturated carbocycles. The topological polar surface area (TPSA) is 32.6 Å². The molecule has 0 aliphatic heterocycles. The normalized spacial score (nSPS) is 27.2. The second-order valence-corrected chi connectivity index (χ2v) is 4.52. The number of hydrogen-bond acceptors (Lipinski definition) is 2. The van der Waals surface area contributed by atoms with Gasteiger partial charge in [0.05, 0.1) is 5.69 Å². The summed E-state index contributed by atoms with van der Waals surface area (Å²) in [5.74, 6) is 1.53. The second kappa shape index (κ2) is 4.52. The molecule has 84 valence electrons. The molecule has 16 heavy (non-hydrogen) atoms. The van der Waals surface area contributed by atoms with Gasteiger partial charge in [0.2, 0.25) is 0 Å². The number of aromatic hydroxyl groups is 1. The molecule has 2 heteroatoms. The lowest BCUT2D eigenvalue weighted by molar-refractivity contribution is 0.469. The predicted octanol–water partition coefficient (Wildman–Crippen LogP) is 3.70. The first kappa shape index (κ1) is 10.9. The maximum atomic E-state index is 9.35. The molecule has 1 aromatic rings. The smallest absolute Gasteiger partial charge is 0.117 e. The molecule has 2 atom stereocenters. The Labute approximate surface area is 96.3 Å². The van der Waals surface area contributed by atoms with Crippen LogP contribution in [0.25, 0.3) is 0 Å². The summed E-state index contributed by atoms with van der Waals surface area (Å²) < 4.78 is 0. The first-order chi connectivity index (χ1) is 7.65. The van der Waals surface area contributed by atoms with Crippen LogP contribution < -0.4 is 0 Å². The van der Waals surface area contributed by atoms with Gasteiger partial charge in [-0.2, -0.15) is 0 Å². The molecule has 0 heterocycles. The highest BCUT2D eigenvalue weighted by atomic mass is 16.3. The zero-order chi connectivity index (χ0) is 11.5. The summed E-state index contributed by atoms with van der Waals surface area (Å²) in [5, 5.41) is 9.35. The van der Waals surface area contributed by atoms with Crippen molar-refractivity contribution in [1.29, 1.82) is 0 Å². The first-order valence-electron chi connectivity index (χ1n) is 5.70. The van der Waals surface area contributed by atoms with Crippen LogP contribution in [0.2, 0.25) is 0 Å². The fraction of sp³-hybridized carbons (Fsp3) is 0.357. The van der Waals surface area contributed by atoms with E-state index in [0.717, 1.165) is 17.8 Å². The molecule has 2 nitrogen and oxygen atoms in total. The van der Waals surface area contributed by atoms with Crippen LogP contribution in [0.3, 0.4) is 0 Å². The Morgan fingerprint density at radius 2 is 2.12 bits per heavy atom. The van der Waals surface area contributed by atoms with Gasteiger partial charge in [-0.1, -0.05) is 26.0 Å². The van der Waals surface area contributed by atoms with Crippen molar-refractivity contribution < 1.29 is 5.11 Å². The molecular formula is C14H17NO. The van der Waals surface area contributed by atoms with E-state index in [1.165, 1.54) is 0 Å². The monoisotopic (exact) mass is 215 g/mol. The van der Waals surface area contributed by atoms with Crippen molar-refractivity contribution in [3.8, 4) is 5.75 Å². The zero-order valence-electron chi connectivity index (χ0n) is 9.72. The Bertz CT molecular complexity index is 434. The summed E-state index contributed by atoms with van der Waals surface area (Å²) in [6, 6.07) is 7.06. The standard InChI is InChI=1S/C14H17NO/c1-10-6-7-13(8-11(10)2)15-12-4-3-5-14(16)9-12/h3-7,9-11,16H,8H2,1-2H3. The number of aliphatic imine (C=N–C) groups is 1. The van der Waals surface area contributed by atoms with Crippen LogP contribution in [0.15, 0.2) is 41.4 Å². The van der Waals surface area contributed by atoms with E-state index in [2.05, 4.69) is 31.0 Å². The minimum absolute atomic E-state index is 0.267. The minimum Gasteiger partial charge on any atom is -0.508 e. The van der Waals surface area contributed by atoms with Gasteiger partial charge in [0, 0.05) is 11.8 Å². The molecule has 0 bridgehead atoms. The van der Waals surface area contributed by atoms with Crippen molar-refractivity contribution in [1.82, 2.24) is 0 Å².